The van der Waals surface area contributed by atoms with Crippen molar-refractivity contribution in [1.82, 2.24) is 9.55 Å². The summed E-state index contributed by atoms with van der Waals surface area (Å²) in [4.78, 5) is 42.1. The fraction of sp³-hybridized carbons (Fsp3) is 0.476. The van der Waals surface area contributed by atoms with Crippen molar-refractivity contribution in [1.29, 1.82) is 0 Å². The van der Waals surface area contributed by atoms with Gasteiger partial charge in [-0.3, -0.25) is 19.1 Å². The summed E-state index contributed by atoms with van der Waals surface area (Å²) in [6.45, 7) is 8.36. The van der Waals surface area contributed by atoms with Gasteiger partial charge in [-0.15, -0.1) is 0 Å². The molecule has 158 valence electrons. The van der Waals surface area contributed by atoms with E-state index in [1.54, 1.807) is 12.1 Å². The van der Waals surface area contributed by atoms with E-state index in [1.807, 2.05) is 33.8 Å². The number of aromatic amines is 1. The second-order valence-corrected chi connectivity index (χ2v) is 7.51. The van der Waals surface area contributed by atoms with Crippen LogP contribution in [0.1, 0.15) is 49.5 Å². The number of carbonyl (C=O) groups is 1. The van der Waals surface area contributed by atoms with Gasteiger partial charge in [0.25, 0.3) is 11.5 Å². The Balaban J connectivity index is 2.68. The highest BCUT2D eigenvalue weighted by Crippen LogP contribution is 2.26. The van der Waals surface area contributed by atoms with E-state index in [2.05, 4.69) is 4.98 Å². The number of nitrogens with two attached hydrogens (primary N) is 1. The molecule has 0 saturated heterocycles. The maximum Gasteiger partial charge on any atom is 0.330 e. The van der Waals surface area contributed by atoms with Gasteiger partial charge >= 0.3 is 5.69 Å². The second kappa shape index (κ2) is 9.45. The molecular formula is C21H30N4O4. The van der Waals surface area contributed by atoms with E-state index in [0.717, 1.165) is 18.4 Å². The molecule has 8 nitrogen and oxygen atoms in total. The molecule has 0 aliphatic heterocycles. The Hall–Kier alpha value is -3.03. The van der Waals surface area contributed by atoms with Crippen LogP contribution in [0, 0.1) is 12.8 Å². The first-order valence-corrected chi connectivity index (χ1v) is 9.80. The zero-order valence-electron chi connectivity index (χ0n) is 17.7. The molecule has 29 heavy (non-hydrogen) atoms. The number of ether oxygens (including phenoxy) is 1. The summed E-state index contributed by atoms with van der Waals surface area (Å²) < 4.78 is 6.66. The van der Waals surface area contributed by atoms with Crippen molar-refractivity contribution >= 4 is 17.4 Å². The number of aryl methyl sites for hydroxylation is 1. The molecule has 0 aliphatic carbocycles. The minimum atomic E-state index is -0.680. The third kappa shape index (κ3) is 4.88. The van der Waals surface area contributed by atoms with Gasteiger partial charge in [-0.05, 0) is 31.4 Å². The molecule has 0 bridgehead atoms. The van der Waals surface area contributed by atoms with Gasteiger partial charge in [0.15, 0.2) is 5.69 Å². The molecule has 0 atom stereocenters. The Morgan fingerprint density at radius 1 is 1.31 bits per heavy atom. The lowest BCUT2D eigenvalue weighted by Gasteiger charge is -2.27. The maximum absolute atomic E-state index is 13.5. The number of nitrogens with zero attached hydrogens (tertiary/aromatic N) is 2. The second-order valence-electron chi connectivity index (χ2n) is 7.51. The topological polar surface area (TPSA) is 110 Å². The lowest BCUT2D eigenvalue weighted by Crippen LogP contribution is -2.42. The lowest BCUT2D eigenvalue weighted by atomic mass is 10.1. The zero-order valence-corrected chi connectivity index (χ0v) is 17.7. The Labute approximate surface area is 170 Å². The van der Waals surface area contributed by atoms with Gasteiger partial charge in [0.1, 0.15) is 11.6 Å². The molecule has 0 spiro atoms. The number of methoxy groups -OCH3 is 1. The highest BCUT2D eigenvalue weighted by atomic mass is 16.5. The number of H-pyrrole nitrogens is 1. The number of carbonyl (C=O) groups excluding carboxylic acids is 1. The van der Waals surface area contributed by atoms with E-state index >= 15 is 0 Å². The van der Waals surface area contributed by atoms with Crippen LogP contribution in [0.4, 0.5) is 11.5 Å². The van der Waals surface area contributed by atoms with Crippen LogP contribution in [0.5, 0.6) is 5.75 Å². The first kappa shape index (κ1) is 22.3. The quantitative estimate of drug-likeness (QED) is 0.705. The summed E-state index contributed by atoms with van der Waals surface area (Å²) in [6, 6.07) is 5.27. The molecular weight excluding hydrogens is 372 g/mol. The van der Waals surface area contributed by atoms with E-state index in [4.69, 9.17) is 10.5 Å². The summed E-state index contributed by atoms with van der Waals surface area (Å²) in [5.74, 6) is 0.0539. The minimum Gasteiger partial charge on any atom is -0.496 e. The largest absolute Gasteiger partial charge is 0.496 e. The van der Waals surface area contributed by atoms with Crippen molar-refractivity contribution < 1.29 is 9.53 Å². The van der Waals surface area contributed by atoms with Crippen LogP contribution in [0.2, 0.25) is 0 Å². The number of benzene rings is 1. The van der Waals surface area contributed by atoms with E-state index < -0.39 is 17.2 Å². The average molecular weight is 402 g/mol. The number of nitrogen functional groups attached to an aromatic ring is 1. The van der Waals surface area contributed by atoms with Gasteiger partial charge in [-0.25, -0.2) is 4.79 Å². The number of nitrogens with one attached hydrogen (secondary N) is 1. The van der Waals surface area contributed by atoms with Crippen LogP contribution in [-0.4, -0.2) is 29.1 Å². The predicted octanol–water partition coefficient (Wildman–Crippen LogP) is 2.54. The number of amides is 1. The van der Waals surface area contributed by atoms with Gasteiger partial charge in [-0.1, -0.05) is 38.8 Å². The van der Waals surface area contributed by atoms with Crippen LogP contribution in [0.3, 0.4) is 0 Å². The number of hydrogen-bond acceptors (Lipinski definition) is 5. The molecule has 0 saturated carbocycles. The molecule has 0 radical (unpaired) electrons. The van der Waals surface area contributed by atoms with Gasteiger partial charge in [0.05, 0.1) is 12.7 Å². The molecule has 0 aliphatic rings. The molecule has 0 unspecified atom stereocenters. The highest BCUT2D eigenvalue weighted by Gasteiger charge is 2.27. The summed E-state index contributed by atoms with van der Waals surface area (Å²) in [5, 5.41) is 0. The van der Waals surface area contributed by atoms with Crippen LogP contribution in [0.15, 0.2) is 27.8 Å². The molecule has 1 amide bonds. The smallest absolute Gasteiger partial charge is 0.330 e. The average Bonchev–Trinajstić information content (AvgIpc) is 2.66. The number of hydrogen-bond donors (Lipinski definition) is 2. The van der Waals surface area contributed by atoms with E-state index in [0.29, 0.717) is 17.9 Å². The molecule has 8 heteroatoms. The summed E-state index contributed by atoms with van der Waals surface area (Å²) in [6.07, 6.45) is 1.58. The first-order valence-electron chi connectivity index (χ1n) is 9.80. The Kier molecular flexibility index (Phi) is 7.25. The number of anilines is 2. The molecule has 2 rings (SSSR count). The normalized spacial score (nSPS) is 11.0. The highest BCUT2D eigenvalue weighted by molar-refractivity contribution is 6.09. The van der Waals surface area contributed by atoms with Crippen molar-refractivity contribution in [2.45, 2.75) is 47.1 Å². The van der Waals surface area contributed by atoms with Gasteiger partial charge in [0, 0.05) is 13.1 Å². The van der Waals surface area contributed by atoms with Crippen molar-refractivity contribution in [2.24, 2.45) is 5.92 Å². The molecule has 2 aromatic rings. The number of aromatic nitrogens is 2. The third-order valence-electron chi connectivity index (χ3n) is 4.60. The van der Waals surface area contributed by atoms with Crippen LogP contribution in [-0.2, 0) is 6.54 Å². The van der Waals surface area contributed by atoms with Crippen LogP contribution in [0.25, 0.3) is 0 Å². The SMILES string of the molecule is CCCCn1c(N)c(N(CC(C)C)C(=O)c2cc(C)ccc2OC)c(=O)[nH]c1=O. The zero-order chi connectivity index (χ0) is 21.7. The summed E-state index contributed by atoms with van der Waals surface area (Å²) >= 11 is 0. The van der Waals surface area contributed by atoms with E-state index in [1.165, 1.54) is 16.6 Å². The van der Waals surface area contributed by atoms with Crippen molar-refractivity contribution in [3.05, 3.63) is 50.2 Å². The monoisotopic (exact) mass is 402 g/mol. The molecule has 1 heterocycles. The van der Waals surface area contributed by atoms with Gasteiger partial charge in [0.2, 0.25) is 0 Å². The Morgan fingerprint density at radius 2 is 2.00 bits per heavy atom. The number of unbranched alkanes of at least 4 members (excludes halogenated alkanes) is 1. The van der Waals surface area contributed by atoms with E-state index in [9.17, 15) is 14.4 Å². The maximum atomic E-state index is 13.5. The van der Waals surface area contributed by atoms with Gasteiger partial charge in [-0.2, -0.15) is 0 Å². The van der Waals surface area contributed by atoms with Crippen molar-refractivity contribution in [3.63, 3.8) is 0 Å². The van der Waals surface area contributed by atoms with Crippen LogP contribution < -0.4 is 26.6 Å². The first-order chi connectivity index (χ1) is 13.7. The predicted molar refractivity (Wildman–Crippen MR) is 115 cm³/mol. The van der Waals surface area contributed by atoms with Crippen LogP contribution >= 0.6 is 0 Å². The van der Waals surface area contributed by atoms with Crippen molar-refractivity contribution in [2.75, 3.05) is 24.3 Å². The summed E-state index contributed by atoms with van der Waals surface area (Å²) in [5.41, 5.74) is 6.19. The lowest BCUT2D eigenvalue weighted by molar-refractivity contribution is 0.0980. The Bertz CT molecular complexity index is 991. The van der Waals surface area contributed by atoms with E-state index in [-0.39, 0.29) is 24.0 Å². The van der Waals surface area contributed by atoms with Crippen molar-refractivity contribution in [3.8, 4) is 5.75 Å². The molecule has 1 aromatic heterocycles. The van der Waals surface area contributed by atoms with Gasteiger partial charge < -0.3 is 15.4 Å². The standard InChI is InChI=1S/C21H30N4O4/c1-6-7-10-24-18(22)17(19(26)23-21(24)28)25(12-13(2)3)20(27)15-11-14(4)8-9-16(15)29-5/h8-9,11,13H,6-7,10,12,22H2,1-5H3,(H,23,26,28). The number of rotatable bonds is 8. The summed E-state index contributed by atoms with van der Waals surface area (Å²) in [7, 11) is 1.49. The molecule has 3 N–H and O–H groups in total. The fourth-order valence-corrected chi connectivity index (χ4v) is 3.15. The molecule has 0 fully saturated rings. The Morgan fingerprint density at radius 3 is 2.59 bits per heavy atom. The minimum absolute atomic E-state index is 0.00665. The fourth-order valence-electron chi connectivity index (χ4n) is 3.15. The molecule has 1 aromatic carbocycles. The third-order valence-corrected chi connectivity index (χ3v) is 4.60.